The zero-order chi connectivity index (χ0) is 20.2. The Bertz CT molecular complexity index is 854. The van der Waals surface area contributed by atoms with Gasteiger partial charge in [-0.25, -0.2) is 23.1 Å². The molecule has 0 aliphatic carbocycles. The van der Waals surface area contributed by atoms with Gasteiger partial charge in [-0.3, -0.25) is 4.79 Å². The smallest absolute Gasteiger partial charge is 0.272 e. The fourth-order valence-corrected chi connectivity index (χ4v) is 2.04. The number of hydrogen-bond acceptors (Lipinski definition) is 7. The fourth-order valence-electron chi connectivity index (χ4n) is 2.04. The molecule has 144 valence electrons. The van der Waals surface area contributed by atoms with E-state index in [4.69, 9.17) is 10.1 Å². The summed E-state index contributed by atoms with van der Waals surface area (Å²) in [6, 6.07) is 2.38. The molecule has 2 aromatic heterocycles. The lowest BCUT2D eigenvalue weighted by molar-refractivity contribution is 0.0795. The van der Waals surface area contributed by atoms with Crippen molar-refractivity contribution in [3.8, 4) is 5.88 Å². The molecule has 0 atom stereocenters. The highest BCUT2D eigenvalue weighted by Gasteiger charge is 2.25. The number of alkyl halides is 2. The van der Waals surface area contributed by atoms with Crippen LogP contribution in [0.4, 0.5) is 24.7 Å². The van der Waals surface area contributed by atoms with Crippen molar-refractivity contribution in [1.82, 2.24) is 9.97 Å². The Hall–Kier alpha value is -3.01. The minimum Gasteiger partial charge on any atom is -0.472 e. The molecule has 3 N–H and O–H groups in total. The molecule has 0 amide bonds. The van der Waals surface area contributed by atoms with Crippen molar-refractivity contribution >= 4 is 23.5 Å². The van der Waals surface area contributed by atoms with Crippen LogP contribution in [0.25, 0.3) is 0 Å². The number of carbonyl (C=O) groups excluding carboxylic acids is 1. The minimum atomic E-state index is -2.72. The molecular weight excluding hydrogens is 365 g/mol. The number of ether oxygens (including phenoxy) is 1. The van der Waals surface area contributed by atoms with E-state index >= 15 is 0 Å². The topological polar surface area (TPSA) is 108 Å². The largest absolute Gasteiger partial charge is 0.472 e. The first-order valence-electron chi connectivity index (χ1n) is 7.72. The van der Waals surface area contributed by atoms with Gasteiger partial charge in [0.15, 0.2) is 18.7 Å². The average Bonchev–Trinajstić information content (AvgIpc) is 2.61. The van der Waals surface area contributed by atoms with Crippen LogP contribution in [-0.2, 0) is 0 Å². The van der Waals surface area contributed by atoms with E-state index in [1.54, 1.807) is 0 Å². The molecule has 0 saturated heterocycles. The van der Waals surface area contributed by atoms with Gasteiger partial charge >= 0.3 is 0 Å². The molecule has 27 heavy (non-hydrogen) atoms. The third kappa shape index (κ3) is 5.23. The highest BCUT2D eigenvalue weighted by molar-refractivity contribution is 6.08. The maximum absolute atomic E-state index is 14.1. The summed E-state index contributed by atoms with van der Waals surface area (Å²) in [4.78, 5) is 18.5. The van der Waals surface area contributed by atoms with E-state index in [0.29, 0.717) is 6.29 Å². The van der Waals surface area contributed by atoms with Gasteiger partial charge in [-0.2, -0.15) is 0 Å². The van der Waals surface area contributed by atoms with Gasteiger partial charge in [-0.1, -0.05) is 0 Å². The predicted octanol–water partition coefficient (Wildman–Crippen LogP) is 2.95. The van der Waals surface area contributed by atoms with E-state index in [2.05, 4.69) is 15.3 Å². The quantitative estimate of drug-likeness (QED) is 0.479. The first-order valence-corrected chi connectivity index (χ1v) is 7.72. The molecule has 0 bridgehead atoms. The molecule has 0 fully saturated rings. The molecule has 0 aliphatic heterocycles. The first-order chi connectivity index (χ1) is 12.6. The molecule has 0 aromatic carbocycles. The Balaban J connectivity index is 2.40. The summed E-state index contributed by atoms with van der Waals surface area (Å²) in [6.07, 6.45) is -0.223. The van der Waals surface area contributed by atoms with E-state index in [0.717, 1.165) is 12.3 Å². The highest BCUT2D eigenvalue weighted by atomic mass is 19.3. The van der Waals surface area contributed by atoms with Gasteiger partial charge in [0, 0.05) is 23.4 Å². The summed E-state index contributed by atoms with van der Waals surface area (Å²) in [7, 11) is 0. The number of anilines is 2. The number of carbonyl (C=O) groups is 1. The number of pyridine rings is 2. The second kappa shape index (κ2) is 8.12. The number of halogens is 3. The summed E-state index contributed by atoms with van der Waals surface area (Å²) < 4.78 is 43.3. The lowest BCUT2D eigenvalue weighted by Gasteiger charge is -2.21. The summed E-state index contributed by atoms with van der Waals surface area (Å²) in [5, 5.41) is 20.8. The minimum absolute atomic E-state index is 0.0161. The second-order valence-electron chi connectivity index (χ2n) is 6.05. The van der Waals surface area contributed by atoms with Crippen molar-refractivity contribution in [3.05, 3.63) is 41.5 Å². The van der Waals surface area contributed by atoms with Crippen LogP contribution in [0.3, 0.4) is 0 Å². The van der Waals surface area contributed by atoms with Crippen molar-refractivity contribution in [2.75, 3.05) is 11.9 Å². The number of aliphatic hydroxyl groups is 1. The van der Waals surface area contributed by atoms with Crippen LogP contribution in [-0.4, -0.2) is 45.7 Å². The molecule has 10 heteroatoms. The number of nitrogens with zero attached hydrogens (tertiary/aromatic N) is 2. The van der Waals surface area contributed by atoms with E-state index in [-0.39, 0.29) is 34.2 Å². The van der Waals surface area contributed by atoms with Crippen molar-refractivity contribution in [2.24, 2.45) is 0 Å². The Morgan fingerprint density at radius 1 is 1.37 bits per heavy atom. The number of rotatable bonds is 8. The average molecular weight is 382 g/mol. The lowest BCUT2D eigenvalue weighted by atomic mass is 9.95. The maximum atomic E-state index is 14.1. The summed E-state index contributed by atoms with van der Waals surface area (Å²) in [6.45, 7) is 1.84. The van der Waals surface area contributed by atoms with Crippen molar-refractivity contribution < 1.29 is 27.8 Å². The summed E-state index contributed by atoms with van der Waals surface area (Å²) in [5.41, 5.74) is -1.78. The monoisotopic (exact) mass is 382 g/mol. The molecule has 2 aromatic rings. The Kier molecular flexibility index (Phi) is 6.11. The van der Waals surface area contributed by atoms with Crippen LogP contribution < -0.4 is 10.1 Å². The molecule has 0 spiro atoms. The zero-order valence-electron chi connectivity index (χ0n) is 14.5. The molecule has 0 aliphatic rings. The lowest BCUT2D eigenvalue weighted by Crippen LogP contribution is -2.32. The Labute approximate surface area is 152 Å². The molecular formula is C17H17F3N4O3. The first kappa shape index (κ1) is 20.3. The third-order valence-electron chi connectivity index (χ3n) is 3.37. The maximum Gasteiger partial charge on any atom is 0.272 e. The standard InChI is InChI=1S/C17H17F3N4O3/c1-17(2,26)15(21)10-3-9(7-25)5-23-16(10)24-12-4-14(22-6-11(12)18)27-8-13(19)20/h3-7,13,21,26H,8H2,1-2H3,(H,22,23,24). The molecule has 0 saturated carbocycles. The molecule has 2 rings (SSSR count). The van der Waals surface area contributed by atoms with E-state index < -0.39 is 24.5 Å². The third-order valence-corrected chi connectivity index (χ3v) is 3.37. The molecule has 7 nitrogen and oxygen atoms in total. The van der Waals surface area contributed by atoms with Crippen LogP contribution >= 0.6 is 0 Å². The predicted molar refractivity (Wildman–Crippen MR) is 91.7 cm³/mol. The van der Waals surface area contributed by atoms with Gasteiger partial charge in [0.25, 0.3) is 6.43 Å². The van der Waals surface area contributed by atoms with Crippen LogP contribution in [0.5, 0.6) is 5.88 Å². The molecule has 0 unspecified atom stereocenters. The van der Waals surface area contributed by atoms with Gasteiger partial charge in [-0.15, -0.1) is 0 Å². The van der Waals surface area contributed by atoms with Crippen LogP contribution in [0.15, 0.2) is 24.5 Å². The second-order valence-corrected chi connectivity index (χ2v) is 6.05. The SMILES string of the molecule is CC(C)(O)C(=N)c1cc(C=O)cnc1Nc1cc(OCC(F)F)ncc1F. The van der Waals surface area contributed by atoms with Crippen LogP contribution in [0.1, 0.15) is 29.8 Å². The van der Waals surface area contributed by atoms with Crippen LogP contribution in [0, 0.1) is 11.2 Å². The summed E-state index contributed by atoms with van der Waals surface area (Å²) >= 11 is 0. The van der Waals surface area contributed by atoms with Gasteiger partial charge in [0.2, 0.25) is 5.88 Å². The van der Waals surface area contributed by atoms with Gasteiger partial charge in [0.1, 0.15) is 11.4 Å². The molecule has 2 heterocycles. The van der Waals surface area contributed by atoms with Gasteiger partial charge < -0.3 is 20.6 Å². The Morgan fingerprint density at radius 3 is 2.67 bits per heavy atom. The van der Waals surface area contributed by atoms with E-state index in [1.165, 1.54) is 26.1 Å². The number of aldehydes is 1. The van der Waals surface area contributed by atoms with Crippen LogP contribution in [0.2, 0.25) is 0 Å². The van der Waals surface area contributed by atoms with Crippen molar-refractivity contribution in [3.63, 3.8) is 0 Å². The van der Waals surface area contributed by atoms with E-state index in [1.807, 2.05) is 0 Å². The number of nitrogens with one attached hydrogen (secondary N) is 2. The van der Waals surface area contributed by atoms with E-state index in [9.17, 15) is 23.1 Å². The number of hydrogen-bond donors (Lipinski definition) is 3. The van der Waals surface area contributed by atoms with Crippen molar-refractivity contribution in [1.29, 1.82) is 5.41 Å². The van der Waals surface area contributed by atoms with Gasteiger partial charge in [0.05, 0.1) is 17.6 Å². The highest BCUT2D eigenvalue weighted by Crippen LogP contribution is 2.26. The normalized spacial score (nSPS) is 11.4. The fraction of sp³-hybridized carbons (Fsp3) is 0.294. The van der Waals surface area contributed by atoms with Crippen molar-refractivity contribution in [2.45, 2.75) is 25.9 Å². The molecule has 0 radical (unpaired) electrons. The summed E-state index contributed by atoms with van der Waals surface area (Å²) in [5.74, 6) is -1.07. The zero-order valence-corrected chi connectivity index (χ0v) is 14.5. The van der Waals surface area contributed by atoms with Gasteiger partial charge in [-0.05, 0) is 19.9 Å². The Morgan fingerprint density at radius 2 is 2.07 bits per heavy atom. The number of aromatic nitrogens is 2.